The first-order chi connectivity index (χ1) is 7.44. The van der Waals surface area contributed by atoms with Crippen molar-refractivity contribution in [2.24, 2.45) is 11.7 Å². The number of sulfone groups is 1. The molecule has 0 amide bonds. The van der Waals surface area contributed by atoms with Gasteiger partial charge in [0.05, 0.1) is 12.9 Å². The molecule has 1 aliphatic carbocycles. The quantitative estimate of drug-likeness (QED) is 0.698. The van der Waals surface area contributed by atoms with Gasteiger partial charge in [-0.15, -0.1) is 0 Å². The van der Waals surface area contributed by atoms with Crippen molar-refractivity contribution < 1.29 is 17.9 Å². The number of methoxy groups -OCH3 is 1. The van der Waals surface area contributed by atoms with Crippen LogP contribution in [0.4, 0.5) is 0 Å². The summed E-state index contributed by atoms with van der Waals surface area (Å²) >= 11 is 0. The average molecular weight is 249 g/mol. The fourth-order valence-corrected chi connectivity index (χ4v) is 3.57. The number of carbonyl (C=O) groups is 1. The largest absolute Gasteiger partial charge is 0.468 e. The molecule has 0 heterocycles. The van der Waals surface area contributed by atoms with Crippen molar-refractivity contribution in [1.82, 2.24) is 0 Å². The number of hydrogen-bond donors (Lipinski definition) is 1. The fourth-order valence-electron chi connectivity index (χ4n) is 2.11. The molecule has 5 nitrogen and oxygen atoms in total. The Balaban J connectivity index is 2.48. The van der Waals surface area contributed by atoms with E-state index < -0.39 is 21.6 Å². The van der Waals surface area contributed by atoms with Crippen LogP contribution in [0.5, 0.6) is 0 Å². The Kier molecular flexibility index (Phi) is 4.73. The summed E-state index contributed by atoms with van der Waals surface area (Å²) in [5.74, 6) is -1.12. The minimum Gasteiger partial charge on any atom is -0.468 e. The zero-order valence-electron chi connectivity index (χ0n) is 9.52. The van der Waals surface area contributed by atoms with Crippen molar-refractivity contribution in [3.8, 4) is 0 Å². The second-order valence-electron chi connectivity index (χ2n) is 4.34. The third-order valence-corrected chi connectivity index (χ3v) is 4.59. The molecule has 16 heavy (non-hydrogen) atoms. The Morgan fingerprint density at radius 2 is 2.00 bits per heavy atom. The maximum atomic E-state index is 11.6. The second-order valence-corrected chi connectivity index (χ2v) is 6.45. The Hall–Kier alpha value is -0.620. The Labute approximate surface area is 96.3 Å². The van der Waals surface area contributed by atoms with Crippen LogP contribution in [0.1, 0.15) is 25.7 Å². The van der Waals surface area contributed by atoms with Gasteiger partial charge in [-0.05, 0) is 18.8 Å². The van der Waals surface area contributed by atoms with Gasteiger partial charge in [-0.1, -0.05) is 12.8 Å². The van der Waals surface area contributed by atoms with Gasteiger partial charge in [-0.2, -0.15) is 0 Å². The maximum absolute atomic E-state index is 11.6. The van der Waals surface area contributed by atoms with Crippen LogP contribution in [0.2, 0.25) is 0 Å². The van der Waals surface area contributed by atoms with E-state index in [0.29, 0.717) is 0 Å². The molecule has 0 bridgehead atoms. The van der Waals surface area contributed by atoms with Gasteiger partial charge in [-0.3, -0.25) is 4.79 Å². The summed E-state index contributed by atoms with van der Waals surface area (Å²) in [7, 11) is -2.25. The van der Waals surface area contributed by atoms with E-state index in [9.17, 15) is 13.2 Å². The highest BCUT2D eigenvalue weighted by molar-refractivity contribution is 7.92. The molecular formula is C10H19NO4S. The first-order valence-electron chi connectivity index (χ1n) is 5.47. The highest BCUT2D eigenvalue weighted by atomic mass is 32.2. The molecule has 1 fully saturated rings. The molecule has 2 N–H and O–H groups in total. The van der Waals surface area contributed by atoms with E-state index in [2.05, 4.69) is 4.74 Å². The molecule has 0 aliphatic heterocycles. The van der Waals surface area contributed by atoms with Gasteiger partial charge < -0.3 is 10.5 Å². The number of nitrogens with two attached hydrogens (primary N) is 1. The maximum Gasteiger partial charge on any atom is 0.320 e. The monoisotopic (exact) mass is 249 g/mol. The van der Waals surface area contributed by atoms with Crippen molar-refractivity contribution in [3.05, 3.63) is 0 Å². The average Bonchev–Trinajstić information content (AvgIpc) is 2.68. The summed E-state index contributed by atoms with van der Waals surface area (Å²) in [5.41, 5.74) is 5.85. The number of esters is 1. The Morgan fingerprint density at radius 1 is 1.44 bits per heavy atom. The molecule has 0 aromatic rings. The summed E-state index contributed by atoms with van der Waals surface area (Å²) in [6.07, 6.45) is 4.23. The number of ether oxygens (including phenoxy) is 1. The van der Waals surface area contributed by atoms with E-state index in [4.69, 9.17) is 5.73 Å². The molecule has 0 saturated heterocycles. The molecule has 1 saturated carbocycles. The normalized spacial score (nSPS) is 19.6. The molecule has 1 aliphatic rings. The van der Waals surface area contributed by atoms with Crippen molar-refractivity contribution in [2.45, 2.75) is 31.7 Å². The second kappa shape index (κ2) is 5.63. The molecule has 0 spiro atoms. The zero-order valence-corrected chi connectivity index (χ0v) is 10.3. The lowest BCUT2D eigenvalue weighted by Gasteiger charge is -2.18. The number of carbonyl (C=O) groups excluding carboxylic acids is 1. The molecule has 0 aromatic carbocycles. The number of hydrogen-bond acceptors (Lipinski definition) is 5. The SMILES string of the molecule is COC(=O)CS(=O)(=O)CC(N)C1CCCC1. The van der Waals surface area contributed by atoms with E-state index in [1.165, 1.54) is 7.11 Å². The first kappa shape index (κ1) is 13.4. The topological polar surface area (TPSA) is 86.5 Å². The van der Waals surface area contributed by atoms with Crippen LogP contribution in [0.3, 0.4) is 0 Å². The van der Waals surface area contributed by atoms with E-state index in [1.54, 1.807) is 0 Å². The van der Waals surface area contributed by atoms with Crippen LogP contribution in [0.25, 0.3) is 0 Å². The Bertz CT molecular complexity index is 333. The zero-order chi connectivity index (χ0) is 12.2. The summed E-state index contributed by atoms with van der Waals surface area (Å²) < 4.78 is 27.5. The fraction of sp³-hybridized carbons (Fsp3) is 0.900. The molecule has 1 unspecified atom stereocenters. The highest BCUT2D eigenvalue weighted by Gasteiger charge is 2.27. The summed E-state index contributed by atoms with van der Waals surface area (Å²) in [6.45, 7) is 0. The molecule has 0 aromatic heterocycles. The van der Waals surface area contributed by atoms with Gasteiger partial charge in [0.15, 0.2) is 9.84 Å². The summed E-state index contributed by atoms with van der Waals surface area (Å²) in [6, 6.07) is -0.350. The lowest BCUT2D eigenvalue weighted by molar-refractivity contribution is -0.137. The Morgan fingerprint density at radius 3 is 2.50 bits per heavy atom. The van der Waals surface area contributed by atoms with Crippen LogP contribution in [-0.4, -0.2) is 39.0 Å². The van der Waals surface area contributed by atoms with Gasteiger partial charge >= 0.3 is 5.97 Å². The van der Waals surface area contributed by atoms with Crippen LogP contribution in [0, 0.1) is 5.92 Å². The molecule has 1 rings (SSSR count). The van der Waals surface area contributed by atoms with Gasteiger partial charge in [0.25, 0.3) is 0 Å². The van der Waals surface area contributed by atoms with Crippen LogP contribution in [0.15, 0.2) is 0 Å². The highest BCUT2D eigenvalue weighted by Crippen LogP contribution is 2.27. The van der Waals surface area contributed by atoms with E-state index in [1.807, 2.05) is 0 Å². The van der Waals surface area contributed by atoms with Crippen molar-refractivity contribution in [1.29, 1.82) is 0 Å². The molecule has 0 radical (unpaired) electrons. The standard InChI is InChI=1S/C10H19NO4S/c1-15-10(12)7-16(13,14)6-9(11)8-4-2-3-5-8/h8-9H,2-7,11H2,1H3. The van der Waals surface area contributed by atoms with Crippen molar-refractivity contribution in [2.75, 3.05) is 18.6 Å². The van der Waals surface area contributed by atoms with E-state index >= 15 is 0 Å². The third kappa shape index (κ3) is 4.09. The molecule has 1 atom stereocenters. The first-order valence-corrected chi connectivity index (χ1v) is 7.29. The van der Waals surface area contributed by atoms with E-state index in [-0.39, 0.29) is 17.7 Å². The van der Waals surface area contributed by atoms with Crippen LogP contribution >= 0.6 is 0 Å². The minimum absolute atomic E-state index is 0.118. The molecule has 6 heteroatoms. The van der Waals surface area contributed by atoms with Gasteiger partial charge in [0, 0.05) is 6.04 Å². The smallest absolute Gasteiger partial charge is 0.320 e. The van der Waals surface area contributed by atoms with E-state index in [0.717, 1.165) is 25.7 Å². The van der Waals surface area contributed by atoms with Crippen LogP contribution in [-0.2, 0) is 19.4 Å². The number of rotatable bonds is 5. The molecular weight excluding hydrogens is 230 g/mol. The lowest BCUT2D eigenvalue weighted by Crippen LogP contribution is -2.37. The lowest BCUT2D eigenvalue weighted by atomic mass is 10.0. The van der Waals surface area contributed by atoms with Gasteiger partial charge in [-0.25, -0.2) is 8.42 Å². The van der Waals surface area contributed by atoms with Gasteiger partial charge in [0.2, 0.25) is 0 Å². The summed E-state index contributed by atoms with van der Waals surface area (Å²) in [5, 5.41) is 0. The van der Waals surface area contributed by atoms with Crippen molar-refractivity contribution >= 4 is 15.8 Å². The van der Waals surface area contributed by atoms with Crippen LogP contribution < -0.4 is 5.73 Å². The third-order valence-electron chi connectivity index (χ3n) is 3.02. The van der Waals surface area contributed by atoms with Crippen molar-refractivity contribution in [3.63, 3.8) is 0 Å². The minimum atomic E-state index is -3.43. The van der Waals surface area contributed by atoms with Gasteiger partial charge in [0.1, 0.15) is 5.75 Å². The summed E-state index contributed by atoms with van der Waals surface area (Å²) in [4.78, 5) is 10.9. The predicted molar refractivity (Wildman–Crippen MR) is 60.6 cm³/mol. The molecule has 94 valence electrons. The predicted octanol–water partition coefficient (Wildman–Crippen LogP) is 0.0917.